The van der Waals surface area contributed by atoms with E-state index < -0.39 is 11.0 Å². The molecule has 1 unspecified atom stereocenters. The van der Waals surface area contributed by atoms with Crippen molar-refractivity contribution in [3.8, 4) is 0 Å². The van der Waals surface area contributed by atoms with Crippen LogP contribution in [0.15, 0.2) is 12.4 Å². The van der Waals surface area contributed by atoms with E-state index in [0.717, 1.165) is 13.1 Å². The summed E-state index contributed by atoms with van der Waals surface area (Å²) < 4.78 is 1.36. The van der Waals surface area contributed by atoms with Crippen LogP contribution >= 0.6 is 12.4 Å². The van der Waals surface area contributed by atoms with Crippen LogP contribution < -0.4 is 0 Å². The summed E-state index contributed by atoms with van der Waals surface area (Å²) in [5.74, 6) is -0.233. The molecule has 0 aliphatic carbocycles. The maximum Gasteiger partial charge on any atom is 0.434 e. The molecule has 18 heavy (non-hydrogen) atoms. The van der Waals surface area contributed by atoms with Crippen LogP contribution in [0.1, 0.15) is 13.8 Å². The average Bonchev–Trinajstić information content (AvgIpc) is 2.74. The van der Waals surface area contributed by atoms with Crippen molar-refractivity contribution in [2.75, 3.05) is 19.6 Å². The summed E-state index contributed by atoms with van der Waals surface area (Å²) in [6.07, 6.45) is 2.23. The number of hydrogen-bond acceptors (Lipinski definition) is 5. The normalized spacial score (nSPS) is 12.2. The number of nitro groups is 1. The second-order valence-electron chi connectivity index (χ2n) is 3.78. The first-order chi connectivity index (χ1) is 8.08. The van der Waals surface area contributed by atoms with Gasteiger partial charge in [-0.2, -0.15) is 0 Å². The number of rotatable bonds is 7. The van der Waals surface area contributed by atoms with E-state index >= 15 is 0 Å². The summed E-state index contributed by atoms with van der Waals surface area (Å²) in [7, 11) is 0. The number of nitrogens with zero attached hydrogens (tertiary/aromatic N) is 4. The van der Waals surface area contributed by atoms with Gasteiger partial charge in [-0.25, -0.2) is 4.57 Å². The number of aromatic nitrogens is 2. The van der Waals surface area contributed by atoms with Gasteiger partial charge in [-0.1, -0.05) is 18.8 Å². The smallest absolute Gasteiger partial charge is 0.390 e. The van der Waals surface area contributed by atoms with E-state index in [1.54, 1.807) is 0 Å². The van der Waals surface area contributed by atoms with Gasteiger partial charge in [-0.3, -0.25) is 0 Å². The fourth-order valence-electron chi connectivity index (χ4n) is 1.68. The molecule has 0 aromatic carbocycles. The fourth-order valence-corrected chi connectivity index (χ4v) is 1.68. The van der Waals surface area contributed by atoms with Crippen LogP contribution in [-0.2, 0) is 6.54 Å². The summed E-state index contributed by atoms with van der Waals surface area (Å²) in [6, 6.07) is 0. The van der Waals surface area contributed by atoms with Crippen molar-refractivity contribution in [1.82, 2.24) is 14.5 Å². The van der Waals surface area contributed by atoms with Gasteiger partial charge in [0.05, 0.1) is 12.6 Å². The van der Waals surface area contributed by atoms with Crippen molar-refractivity contribution in [1.29, 1.82) is 0 Å². The highest BCUT2D eigenvalue weighted by molar-refractivity contribution is 5.85. The maximum atomic E-state index is 10.6. The first-order valence-electron chi connectivity index (χ1n) is 5.64. The SMILES string of the molecule is CCN(CC)CC(O)Cn1ccnc1[N+](=O)[O-].Cl. The minimum atomic E-state index is -0.636. The molecule has 0 aliphatic heterocycles. The second-order valence-corrected chi connectivity index (χ2v) is 3.78. The molecule has 1 aromatic heterocycles. The first-order valence-corrected chi connectivity index (χ1v) is 5.64. The molecule has 1 rings (SSSR count). The molecule has 0 spiro atoms. The lowest BCUT2D eigenvalue weighted by molar-refractivity contribution is -0.397. The largest absolute Gasteiger partial charge is 0.434 e. The Morgan fingerprint density at radius 2 is 2.17 bits per heavy atom. The van der Waals surface area contributed by atoms with Gasteiger partial charge in [0, 0.05) is 6.54 Å². The van der Waals surface area contributed by atoms with Crippen molar-refractivity contribution >= 4 is 18.4 Å². The monoisotopic (exact) mass is 278 g/mol. The van der Waals surface area contributed by atoms with Gasteiger partial charge in [-0.05, 0) is 18.0 Å². The van der Waals surface area contributed by atoms with Crippen molar-refractivity contribution < 1.29 is 10.0 Å². The summed E-state index contributed by atoms with van der Waals surface area (Å²) in [6.45, 7) is 6.40. The number of aliphatic hydroxyl groups is 1. The van der Waals surface area contributed by atoms with Gasteiger partial charge >= 0.3 is 5.95 Å². The molecular formula is C10H19ClN4O3. The predicted molar refractivity (Wildman–Crippen MR) is 69.9 cm³/mol. The Bertz CT molecular complexity index is 368. The van der Waals surface area contributed by atoms with E-state index in [9.17, 15) is 15.2 Å². The third-order valence-electron chi connectivity index (χ3n) is 2.63. The van der Waals surface area contributed by atoms with E-state index in [1.807, 2.05) is 13.8 Å². The third-order valence-corrected chi connectivity index (χ3v) is 2.63. The minimum absolute atomic E-state index is 0. The zero-order valence-electron chi connectivity index (χ0n) is 10.5. The zero-order chi connectivity index (χ0) is 12.8. The van der Waals surface area contributed by atoms with Gasteiger partial charge in [-0.15, -0.1) is 12.4 Å². The zero-order valence-corrected chi connectivity index (χ0v) is 11.3. The maximum absolute atomic E-state index is 10.6. The molecule has 7 nitrogen and oxygen atoms in total. The van der Waals surface area contributed by atoms with Crippen LogP contribution in [0.5, 0.6) is 0 Å². The molecular weight excluding hydrogens is 260 g/mol. The molecule has 1 heterocycles. The number of imidazole rings is 1. The van der Waals surface area contributed by atoms with Gasteiger partial charge in [0.2, 0.25) is 0 Å². The van der Waals surface area contributed by atoms with Gasteiger partial charge < -0.3 is 20.1 Å². The fraction of sp³-hybridized carbons (Fsp3) is 0.700. The number of likely N-dealkylation sites (N-methyl/N-ethyl adjacent to an activating group) is 1. The Morgan fingerprint density at radius 1 is 1.56 bits per heavy atom. The molecule has 1 atom stereocenters. The first kappa shape index (κ1) is 16.8. The van der Waals surface area contributed by atoms with Gasteiger partial charge in [0.25, 0.3) is 0 Å². The molecule has 8 heteroatoms. The summed E-state index contributed by atoms with van der Waals surface area (Å²) in [5.41, 5.74) is 0. The Balaban J connectivity index is 0.00000289. The standard InChI is InChI=1S/C10H18N4O3.ClH/c1-3-12(4-2)7-9(15)8-13-6-5-11-10(13)14(16)17;/h5-6,9,15H,3-4,7-8H2,1-2H3;1H. The Labute approximate surface area is 112 Å². The predicted octanol–water partition coefficient (Wildman–Crippen LogP) is 0.916. The van der Waals surface area contributed by atoms with E-state index in [0.29, 0.717) is 6.54 Å². The second kappa shape index (κ2) is 8.02. The quantitative estimate of drug-likeness (QED) is 0.592. The van der Waals surface area contributed by atoms with Crippen molar-refractivity contribution in [3.63, 3.8) is 0 Å². The van der Waals surface area contributed by atoms with Crippen molar-refractivity contribution in [3.05, 3.63) is 22.5 Å². The van der Waals surface area contributed by atoms with Crippen LogP contribution in [0.25, 0.3) is 0 Å². The number of halogens is 1. The Morgan fingerprint density at radius 3 is 2.67 bits per heavy atom. The van der Waals surface area contributed by atoms with Crippen molar-refractivity contribution in [2.24, 2.45) is 0 Å². The van der Waals surface area contributed by atoms with E-state index in [-0.39, 0.29) is 24.9 Å². The molecule has 1 N–H and O–H groups in total. The van der Waals surface area contributed by atoms with E-state index in [2.05, 4.69) is 9.88 Å². The minimum Gasteiger partial charge on any atom is -0.390 e. The molecule has 0 saturated carbocycles. The van der Waals surface area contributed by atoms with Gasteiger partial charge in [0.15, 0.2) is 0 Å². The number of hydrogen-bond donors (Lipinski definition) is 1. The summed E-state index contributed by atoms with van der Waals surface area (Å²) in [4.78, 5) is 15.8. The average molecular weight is 279 g/mol. The lowest BCUT2D eigenvalue weighted by atomic mass is 10.3. The molecule has 0 radical (unpaired) electrons. The molecule has 104 valence electrons. The Kier molecular flexibility index (Phi) is 7.49. The lowest BCUT2D eigenvalue weighted by Gasteiger charge is -2.21. The highest BCUT2D eigenvalue weighted by Crippen LogP contribution is 2.08. The molecule has 1 aromatic rings. The molecule has 0 aliphatic rings. The summed E-state index contributed by atoms with van der Waals surface area (Å²) in [5, 5.41) is 20.5. The third kappa shape index (κ3) is 4.59. The van der Waals surface area contributed by atoms with Crippen LogP contribution in [0.3, 0.4) is 0 Å². The molecule has 0 fully saturated rings. The van der Waals surface area contributed by atoms with E-state index in [4.69, 9.17) is 0 Å². The Hall–Kier alpha value is -1.18. The van der Waals surface area contributed by atoms with Gasteiger partial charge in [0.1, 0.15) is 12.4 Å². The van der Waals surface area contributed by atoms with E-state index in [1.165, 1.54) is 17.0 Å². The molecule has 0 bridgehead atoms. The highest BCUT2D eigenvalue weighted by Gasteiger charge is 2.18. The molecule has 0 saturated heterocycles. The van der Waals surface area contributed by atoms with Crippen LogP contribution in [0.4, 0.5) is 5.95 Å². The van der Waals surface area contributed by atoms with Crippen LogP contribution in [-0.4, -0.2) is 50.2 Å². The topological polar surface area (TPSA) is 84.4 Å². The van der Waals surface area contributed by atoms with Crippen LogP contribution in [0.2, 0.25) is 0 Å². The van der Waals surface area contributed by atoms with Crippen molar-refractivity contribution in [2.45, 2.75) is 26.5 Å². The number of aliphatic hydroxyl groups excluding tert-OH is 1. The molecule has 0 amide bonds. The lowest BCUT2D eigenvalue weighted by Crippen LogP contribution is -2.34. The summed E-state index contributed by atoms with van der Waals surface area (Å²) >= 11 is 0. The highest BCUT2D eigenvalue weighted by atomic mass is 35.5. The van der Waals surface area contributed by atoms with Crippen LogP contribution in [0, 0.1) is 10.1 Å².